The van der Waals surface area contributed by atoms with Crippen molar-refractivity contribution in [3.63, 3.8) is 0 Å². The molecule has 0 aromatic heterocycles. The maximum absolute atomic E-state index is 12.7. The number of rotatable bonds is 4. The van der Waals surface area contributed by atoms with E-state index in [1.54, 1.807) is 0 Å². The Kier molecular flexibility index (Phi) is 5.14. The first-order valence-corrected chi connectivity index (χ1v) is 7.39. The lowest BCUT2D eigenvalue weighted by Crippen LogP contribution is -2.53. The summed E-state index contributed by atoms with van der Waals surface area (Å²) in [4.78, 5) is 15.1. The maximum atomic E-state index is 12.7. The number of carbonyl (C=O) groups is 1. The molecule has 4 heteroatoms. The van der Waals surface area contributed by atoms with Crippen LogP contribution in [0.4, 0.5) is 0 Å². The summed E-state index contributed by atoms with van der Waals surface area (Å²) in [6.45, 7) is 10.1. The molecule has 0 saturated carbocycles. The van der Waals surface area contributed by atoms with Crippen molar-refractivity contribution in [2.75, 3.05) is 13.1 Å². The number of hydrogen-bond donors (Lipinski definition) is 1. The number of nitrogens with two attached hydrogens (primary N) is 1. The van der Waals surface area contributed by atoms with E-state index in [-0.39, 0.29) is 5.91 Å². The van der Waals surface area contributed by atoms with Crippen molar-refractivity contribution in [1.82, 2.24) is 4.90 Å². The second-order valence-electron chi connectivity index (χ2n) is 5.65. The van der Waals surface area contributed by atoms with E-state index in [1.807, 2.05) is 18.7 Å². The molecule has 104 valence electrons. The zero-order valence-corrected chi connectivity index (χ0v) is 12.8. The van der Waals surface area contributed by atoms with Gasteiger partial charge in [-0.3, -0.25) is 4.79 Å². The Bertz CT molecular complexity index is 326. The van der Waals surface area contributed by atoms with Crippen molar-refractivity contribution in [2.24, 2.45) is 23.0 Å². The fourth-order valence-corrected chi connectivity index (χ4v) is 3.13. The molecule has 0 aliphatic carbocycles. The Morgan fingerprint density at radius 2 is 1.89 bits per heavy atom. The van der Waals surface area contributed by atoms with Gasteiger partial charge < -0.3 is 10.6 Å². The second kappa shape index (κ2) is 6.00. The molecule has 0 bridgehead atoms. The van der Waals surface area contributed by atoms with E-state index in [0.717, 1.165) is 19.5 Å². The zero-order chi connectivity index (χ0) is 13.9. The van der Waals surface area contributed by atoms with E-state index in [1.165, 1.54) is 0 Å². The summed E-state index contributed by atoms with van der Waals surface area (Å²) in [5.74, 6) is 1.38. The highest BCUT2D eigenvalue weighted by Crippen LogP contribution is 2.32. The summed E-state index contributed by atoms with van der Waals surface area (Å²) in [6.07, 6.45) is 2.46. The molecule has 18 heavy (non-hydrogen) atoms. The molecule has 1 aliphatic rings. The summed E-state index contributed by atoms with van der Waals surface area (Å²) < 4.78 is 0. The molecular formula is C14H26N2OS. The summed E-state index contributed by atoms with van der Waals surface area (Å²) in [6, 6.07) is 0. The predicted molar refractivity (Wildman–Crippen MR) is 79.3 cm³/mol. The third kappa shape index (κ3) is 2.68. The topological polar surface area (TPSA) is 46.3 Å². The van der Waals surface area contributed by atoms with Crippen LogP contribution >= 0.6 is 12.2 Å². The molecule has 1 rings (SSSR count). The fourth-order valence-electron chi connectivity index (χ4n) is 2.76. The molecular weight excluding hydrogens is 244 g/mol. The average Bonchev–Trinajstić information content (AvgIpc) is 2.34. The Labute approximate surface area is 116 Å². The van der Waals surface area contributed by atoms with Crippen molar-refractivity contribution >= 4 is 23.1 Å². The lowest BCUT2D eigenvalue weighted by Gasteiger charge is -2.41. The minimum atomic E-state index is -0.629. The van der Waals surface area contributed by atoms with Crippen LogP contribution in [-0.2, 0) is 4.79 Å². The Morgan fingerprint density at radius 1 is 1.33 bits per heavy atom. The van der Waals surface area contributed by atoms with Gasteiger partial charge in [0.2, 0.25) is 5.91 Å². The lowest BCUT2D eigenvalue weighted by atomic mass is 9.79. The number of thiocarbonyl (C=S) groups is 1. The van der Waals surface area contributed by atoms with Crippen LogP contribution in [0.15, 0.2) is 0 Å². The molecule has 2 unspecified atom stereocenters. The number of nitrogens with zero attached hydrogens (tertiary/aromatic N) is 1. The number of likely N-dealkylation sites (tertiary alicyclic amines) is 1. The van der Waals surface area contributed by atoms with E-state index in [2.05, 4.69) is 13.8 Å². The molecule has 0 aromatic carbocycles. The van der Waals surface area contributed by atoms with E-state index in [9.17, 15) is 4.79 Å². The standard InChI is InChI=1S/C14H26N2OS/c1-5-14(6-2,12(15)18)13(17)16-8-7-10(3)11(4)9-16/h10-11H,5-9H2,1-4H3,(H2,15,18). The van der Waals surface area contributed by atoms with E-state index < -0.39 is 5.41 Å². The van der Waals surface area contributed by atoms with Gasteiger partial charge in [-0.15, -0.1) is 0 Å². The molecule has 2 atom stereocenters. The molecule has 1 aliphatic heterocycles. The predicted octanol–water partition coefficient (Wildman–Crippen LogP) is 2.58. The Morgan fingerprint density at radius 3 is 2.28 bits per heavy atom. The van der Waals surface area contributed by atoms with Crippen LogP contribution in [0.2, 0.25) is 0 Å². The van der Waals surface area contributed by atoms with Crippen molar-refractivity contribution < 1.29 is 4.79 Å². The first-order valence-electron chi connectivity index (χ1n) is 6.98. The maximum Gasteiger partial charge on any atom is 0.235 e. The lowest BCUT2D eigenvalue weighted by molar-refractivity contribution is -0.141. The van der Waals surface area contributed by atoms with Gasteiger partial charge in [0.05, 0.1) is 10.4 Å². The smallest absolute Gasteiger partial charge is 0.235 e. The molecule has 0 aromatic rings. The van der Waals surface area contributed by atoms with Crippen molar-refractivity contribution in [1.29, 1.82) is 0 Å². The third-order valence-electron chi connectivity index (χ3n) is 4.71. The second-order valence-corrected chi connectivity index (χ2v) is 6.09. The van der Waals surface area contributed by atoms with Crippen LogP contribution in [0.3, 0.4) is 0 Å². The normalized spacial score (nSPS) is 25.0. The fraction of sp³-hybridized carbons (Fsp3) is 0.857. The largest absolute Gasteiger partial charge is 0.392 e. The monoisotopic (exact) mass is 270 g/mol. The first-order chi connectivity index (χ1) is 8.39. The first kappa shape index (κ1) is 15.4. The van der Waals surface area contributed by atoms with Crippen LogP contribution in [0, 0.1) is 17.3 Å². The van der Waals surface area contributed by atoms with Crippen LogP contribution < -0.4 is 5.73 Å². The summed E-state index contributed by atoms with van der Waals surface area (Å²) in [5.41, 5.74) is 5.22. The van der Waals surface area contributed by atoms with Crippen molar-refractivity contribution in [3.05, 3.63) is 0 Å². The highest BCUT2D eigenvalue weighted by atomic mass is 32.1. The molecule has 2 N–H and O–H groups in total. The molecule has 1 saturated heterocycles. The van der Waals surface area contributed by atoms with Crippen molar-refractivity contribution in [3.8, 4) is 0 Å². The van der Waals surface area contributed by atoms with Gasteiger partial charge in [-0.2, -0.15) is 0 Å². The quantitative estimate of drug-likeness (QED) is 0.799. The molecule has 1 fully saturated rings. The van der Waals surface area contributed by atoms with Gasteiger partial charge in [0.25, 0.3) is 0 Å². The van der Waals surface area contributed by atoms with Gasteiger partial charge in [0.1, 0.15) is 0 Å². The molecule has 0 spiro atoms. The minimum Gasteiger partial charge on any atom is -0.392 e. The number of carbonyl (C=O) groups excluding carboxylic acids is 1. The van der Waals surface area contributed by atoms with Crippen LogP contribution in [0.25, 0.3) is 0 Å². The van der Waals surface area contributed by atoms with Crippen LogP contribution in [0.1, 0.15) is 47.0 Å². The zero-order valence-electron chi connectivity index (χ0n) is 12.0. The average molecular weight is 270 g/mol. The van der Waals surface area contributed by atoms with E-state index in [4.69, 9.17) is 18.0 Å². The van der Waals surface area contributed by atoms with Gasteiger partial charge >= 0.3 is 0 Å². The summed E-state index contributed by atoms with van der Waals surface area (Å²) >= 11 is 5.16. The van der Waals surface area contributed by atoms with Crippen LogP contribution in [0.5, 0.6) is 0 Å². The number of hydrogen-bond acceptors (Lipinski definition) is 2. The van der Waals surface area contributed by atoms with Gasteiger partial charge in [0, 0.05) is 13.1 Å². The Hall–Kier alpha value is -0.640. The van der Waals surface area contributed by atoms with Gasteiger partial charge in [-0.1, -0.05) is 39.9 Å². The third-order valence-corrected chi connectivity index (χ3v) is 5.10. The highest BCUT2D eigenvalue weighted by molar-refractivity contribution is 7.80. The van der Waals surface area contributed by atoms with Crippen LogP contribution in [-0.4, -0.2) is 28.9 Å². The highest BCUT2D eigenvalue weighted by Gasteiger charge is 2.42. The summed E-state index contributed by atoms with van der Waals surface area (Å²) in [5, 5.41) is 0. The van der Waals surface area contributed by atoms with Crippen molar-refractivity contribution in [2.45, 2.75) is 47.0 Å². The molecule has 1 amide bonds. The van der Waals surface area contributed by atoms with E-state index in [0.29, 0.717) is 29.7 Å². The van der Waals surface area contributed by atoms with Gasteiger partial charge in [0.15, 0.2) is 0 Å². The van der Waals surface area contributed by atoms with E-state index >= 15 is 0 Å². The van der Waals surface area contributed by atoms with Gasteiger partial charge in [-0.25, -0.2) is 0 Å². The summed E-state index contributed by atoms with van der Waals surface area (Å²) in [7, 11) is 0. The number of amides is 1. The van der Waals surface area contributed by atoms with Gasteiger partial charge in [-0.05, 0) is 31.1 Å². The molecule has 1 heterocycles. The molecule has 3 nitrogen and oxygen atoms in total. The molecule has 0 radical (unpaired) electrons. The Balaban J connectivity index is 2.88. The SMILES string of the molecule is CCC(CC)(C(=O)N1CCC(C)C(C)C1)C(N)=S. The number of piperidine rings is 1. The minimum absolute atomic E-state index is 0.138.